The highest BCUT2D eigenvalue weighted by atomic mass is 31.0. The first-order valence-corrected chi connectivity index (χ1v) is 12.9. The third-order valence-electron chi connectivity index (χ3n) is 4.61. The van der Waals surface area contributed by atoms with Crippen molar-refractivity contribution in [2.24, 2.45) is 0 Å². The van der Waals surface area contributed by atoms with Gasteiger partial charge in [-0.25, -0.2) is 4.98 Å². The number of nitrogens with zero attached hydrogens (tertiary/aromatic N) is 3. The van der Waals surface area contributed by atoms with E-state index in [-0.39, 0.29) is 0 Å². The van der Waals surface area contributed by atoms with Crippen LogP contribution in [0.4, 0.5) is 5.69 Å². The van der Waals surface area contributed by atoms with Crippen LogP contribution in [-0.2, 0) is 11.5 Å². The number of fused-ring (bicyclic) bond motifs is 1. The molecule has 132 valence electrons. The average molecular weight is 365 g/mol. The molecule has 3 rings (SSSR count). The Bertz CT molecular complexity index is 712. The smallest absolute Gasteiger partial charge is 0.129 e. The highest BCUT2D eigenvalue weighted by Crippen LogP contribution is 2.35. The second-order valence-corrected chi connectivity index (χ2v) is 14.2. The summed E-state index contributed by atoms with van der Waals surface area (Å²) in [5, 5.41) is 0. The first-order valence-electron chi connectivity index (χ1n) is 8.70. The topological polar surface area (TPSA) is 56.3 Å². The van der Waals surface area contributed by atoms with Gasteiger partial charge in [0.05, 0.1) is 17.1 Å². The molecule has 0 spiro atoms. The molecule has 2 aromatic rings. The van der Waals surface area contributed by atoms with E-state index in [0.29, 0.717) is 12.8 Å². The predicted molar refractivity (Wildman–Crippen MR) is 107 cm³/mol. The summed E-state index contributed by atoms with van der Waals surface area (Å²) in [5.74, 6) is 1.09. The summed E-state index contributed by atoms with van der Waals surface area (Å²) >= 11 is 0. The van der Waals surface area contributed by atoms with Crippen LogP contribution in [0.3, 0.4) is 0 Å². The fourth-order valence-corrected chi connectivity index (χ4v) is 4.37. The number of hydrogen-bond donors (Lipinski definition) is 1. The standard InChI is InChI=1S/C17H29N4OPSi/c1-24(2,3)10-9-22-12-20-16-11-13(18)6-7-14(16)19-17(20)15-5-4-8-21(15)23/h6-7,11,15H,4-5,8-10,12,18,23H2,1-3H3. The number of anilines is 1. The average Bonchev–Trinajstić information content (AvgIpc) is 3.06. The molecule has 0 aliphatic carbocycles. The fraction of sp³-hybridized carbons (Fsp3) is 0.588. The van der Waals surface area contributed by atoms with Gasteiger partial charge < -0.3 is 15.0 Å². The Labute approximate surface area is 147 Å². The molecule has 2 heterocycles. The molecule has 0 amide bonds. The van der Waals surface area contributed by atoms with E-state index in [4.69, 9.17) is 15.5 Å². The first kappa shape index (κ1) is 17.9. The van der Waals surface area contributed by atoms with Crippen LogP contribution in [0.15, 0.2) is 18.2 Å². The van der Waals surface area contributed by atoms with Gasteiger partial charge in [-0.1, -0.05) is 29.0 Å². The number of imidazole rings is 1. The van der Waals surface area contributed by atoms with Crippen molar-refractivity contribution >= 4 is 34.2 Å². The number of rotatable bonds is 6. The van der Waals surface area contributed by atoms with Crippen LogP contribution in [-0.4, -0.2) is 35.4 Å². The molecule has 1 fully saturated rings. The van der Waals surface area contributed by atoms with Crippen LogP contribution in [0.1, 0.15) is 24.7 Å². The van der Waals surface area contributed by atoms with Crippen LogP contribution in [0.25, 0.3) is 11.0 Å². The maximum absolute atomic E-state index is 6.03. The molecule has 1 aliphatic rings. The van der Waals surface area contributed by atoms with Gasteiger partial charge in [-0.15, -0.1) is 0 Å². The molecule has 2 N–H and O–H groups in total. The van der Waals surface area contributed by atoms with Gasteiger partial charge in [-0.05, 0) is 37.1 Å². The lowest BCUT2D eigenvalue weighted by atomic mass is 10.2. The van der Waals surface area contributed by atoms with Crippen LogP contribution in [0, 0.1) is 0 Å². The van der Waals surface area contributed by atoms with E-state index in [0.717, 1.165) is 42.1 Å². The molecule has 1 saturated heterocycles. The second-order valence-electron chi connectivity index (χ2n) is 7.89. The van der Waals surface area contributed by atoms with Crippen molar-refractivity contribution in [2.45, 2.75) is 51.3 Å². The van der Waals surface area contributed by atoms with Crippen molar-refractivity contribution in [3.63, 3.8) is 0 Å². The zero-order chi connectivity index (χ0) is 17.3. The van der Waals surface area contributed by atoms with E-state index >= 15 is 0 Å². The second kappa shape index (κ2) is 7.12. The minimum Gasteiger partial charge on any atom is -0.399 e. The Morgan fingerprint density at radius 2 is 2.17 bits per heavy atom. The maximum atomic E-state index is 6.03. The van der Waals surface area contributed by atoms with Gasteiger partial charge >= 0.3 is 0 Å². The van der Waals surface area contributed by atoms with Crippen molar-refractivity contribution in [3.8, 4) is 0 Å². The number of aromatic nitrogens is 2. The summed E-state index contributed by atoms with van der Waals surface area (Å²) in [5.41, 5.74) is 8.84. The normalized spacial score (nSPS) is 19.4. The lowest BCUT2D eigenvalue weighted by Crippen LogP contribution is -2.22. The third kappa shape index (κ3) is 3.99. The van der Waals surface area contributed by atoms with Crippen molar-refractivity contribution in [3.05, 3.63) is 24.0 Å². The van der Waals surface area contributed by atoms with Gasteiger partial charge in [0.2, 0.25) is 0 Å². The largest absolute Gasteiger partial charge is 0.399 e. The molecule has 0 bridgehead atoms. The van der Waals surface area contributed by atoms with Crippen LogP contribution in [0.5, 0.6) is 0 Å². The molecule has 24 heavy (non-hydrogen) atoms. The highest BCUT2D eigenvalue weighted by molar-refractivity contribution is 7.13. The minimum absolute atomic E-state index is 0.337. The Balaban J connectivity index is 1.86. The Morgan fingerprint density at radius 1 is 1.38 bits per heavy atom. The molecule has 2 atom stereocenters. The summed E-state index contributed by atoms with van der Waals surface area (Å²) in [4.78, 5) is 4.89. The van der Waals surface area contributed by atoms with Crippen LogP contribution < -0.4 is 5.73 Å². The molecular weight excluding hydrogens is 335 g/mol. The summed E-state index contributed by atoms with van der Waals surface area (Å²) in [7, 11) is 1.77. The van der Waals surface area contributed by atoms with Gasteiger partial charge in [0.1, 0.15) is 12.6 Å². The summed E-state index contributed by atoms with van der Waals surface area (Å²) in [6.07, 6.45) is 2.34. The fourth-order valence-electron chi connectivity index (χ4n) is 3.15. The Morgan fingerprint density at radius 3 is 2.83 bits per heavy atom. The quantitative estimate of drug-likeness (QED) is 0.366. The lowest BCUT2D eigenvalue weighted by molar-refractivity contribution is 0.0860. The molecule has 1 aliphatic heterocycles. The molecule has 0 saturated carbocycles. The van der Waals surface area contributed by atoms with E-state index in [1.54, 1.807) is 0 Å². The van der Waals surface area contributed by atoms with Gasteiger partial charge in [-0.3, -0.25) is 4.67 Å². The third-order valence-corrected chi connectivity index (χ3v) is 6.93. The minimum atomic E-state index is -1.07. The van der Waals surface area contributed by atoms with E-state index in [1.165, 1.54) is 12.5 Å². The molecule has 1 aromatic carbocycles. The van der Waals surface area contributed by atoms with E-state index in [9.17, 15) is 0 Å². The first-order chi connectivity index (χ1) is 11.3. The SMILES string of the molecule is C[Si](C)(C)CCOCn1c(C2CCCN2P)nc2ccc(N)cc21. The zero-order valence-electron chi connectivity index (χ0n) is 15.0. The summed E-state index contributed by atoms with van der Waals surface area (Å²) in [6.45, 7) is 9.58. The maximum Gasteiger partial charge on any atom is 0.129 e. The number of ether oxygens (including phenoxy) is 1. The lowest BCUT2D eigenvalue weighted by Gasteiger charge is -2.21. The van der Waals surface area contributed by atoms with E-state index in [1.807, 2.05) is 18.2 Å². The highest BCUT2D eigenvalue weighted by Gasteiger charge is 2.28. The Hall–Kier alpha value is -0.943. The van der Waals surface area contributed by atoms with E-state index < -0.39 is 8.07 Å². The van der Waals surface area contributed by atoms with Gasteiger partial charge in [0, 0.05) is 26.9 Å². The molecule has 2 unspecified atom stereocenters. The van der Waals surface area contributed by atoms with Crippen molar-refractivity contribution < 1.29 is 4.74 Å². The number of hydrogen-bond acceptors (Lipinski definition) is 4. The monoisotopic (exact) mass is 364 g/mol. The predicted octanol–water partition coefficient (Wildman–Crippen LogP) is 3.86. The molecule has 0 radical (unpaired) electrons. The van der Waals surface area contributed by atoms with E-state index in [2.05, 4.69) is 38.3 Å². The number of benzene rings is 1. The van der Waals surface area contributed by atoms with Crippen molar-refractivity contribution in [1.29, 1.82) is 0 Å². The number of nitrogens with two attached hydrogens (primary N) is 1. The molecule has 1 aromatic heterocycles. The zero-order valence-corrected chi connectivity index (χ0v) is 17.1. The molecular formula is C17H29N4OPSi. The molecule has 7 heteroatoms. The van der Waals surface area contributed by atoms with Crippen LogP contribution >= 0.6 is 9.39 Å². The Kier molecular flexibility index (Phi) is 5.30. The van der Waals surface area contributed by atoms with Crippen LogP contribution in [0.2, 0.25) is 25.7 Å². The summed E-state index contributed by atoms with van der Waals surface area (Å²) < 4.78 is 10.5. The van der Waals surface area contributed by atoms with Crippen molar-refractivity contribution in [1.82, 2.24) is 14.2 Å². The van der Waals surface area contributed by atoms with Crippen molar-refractivity contribution in [2.75, 3.05) is 18.9 Å². The van der Waals surface area contributed by atoms with Gasteiger partial charge in [-0.2, -0.15) is 0 Å². The van der Waals surface area contributed by atoms with Gasteiger partial charge in [0.15, 0.2) is 0 Å². The number of nitrogen functional groups attached to an aromatic ring is 1. The summed E-state index contributed by atoms with van der Waals surface area (Å²) in [6, 6.07) is 7.45. The van der Waals surface area contributed by atoms with Gasteiger partial charge in [0.25, 0.3) is 0 Å². The molecule has 5 nitrogen and oxygen atoms in total.